The summed E-state index contributed by atoms with van der Waals surface area (Å²) in [5.41, 5.74) is 2.78. The third-order valence-electron chi connectivity index (χ3n) is 5.33. The summed E-state index contributed by atoms with van der Waals surface area (Å²) >= 11 is 12.5. The van der Waals surface area contributed by atoms with Gasteiger partial charge in [0.2, 0.25) is 0 Å². The van der Waals surface area contributed by atoms with Gasteiger partial charge in [-0.1, -0.05) is 76.9 Å². The highest BCUT2D eigenvalue weighted by molar-refractivity contribution is 6.34. The first kappa shape index (κ1) is 23.6. The second kappa shape index (κ2) is 11.5. The number of halogens is 2. The number of para-hydroxylation sites is 1. The van der Waals surface area contributed by atoms with E-state index >= 15 is 0 Å². The lowest BCUT2D eigenvalue weighted by Crippen LogP contribution is -2.39. The van der Waals surface area contributed by atoms with Gasteiger partial charge in [0, 0.05) is 41.7 Å². The first-order chi connectivity index (χ1) is 16.1. The molecule has 0 aliphatic carbocycles. The summed E-state index contributed by atoms with van der Waals surface area (Å²) in [5, 5.41) is 16.3. The fourth-order valence-corrected chi connectivity index (χ4v) is 4.28. The maximum atomic E-state index is 10.7. The first-order valence-electron chi connectivity index (χ1n) is 10.9. The minimum atomic E-state index is -0.672. The lowest BCUT2D eigenvalue weighted by molar-refractivity contribution is 0.0213. The standard InChI is InChI=1S/C26H26Cl2N2O3/c27-20-8-6-7-19(13-20)15-30(16-21(31)18-32-22-9-2-1-3-10-22)17-23-14-26(29-33-23)24-11-4-5-12-25(24)28/h1-13,21,23,31H,14-18H2/t21-,23+/m0/s1. The van der Waals surface area contributed by atoms with Crippen LogP contribution in [-0.4, -0.2) is 47.6 Å². The van der Waals surface area contributed by atoms with E-state index in [0.29, 0.717) is 36.1 Å². The van der Waals surface area contributed by atoms with E-state index < -0.39 is 6.10 Å². The van der Waals surface area contributed by atoms with Gasteiger partial charge in [0.15, 0.2) is 0 Å². The third kappa shape index (κ3) is 6.95. The molecule has 0 radical (unpaired) electrons. The number of oxime groups is 1. The first-order valence-corrected chi connectivity index (χ1v) is 11.6. The van der Waals surface area contributed by atoms with Gasteiger partial charge in [0.1, 0.15) is 24.6 Å². The Kier molecular flexibility index (Phi) is 8.24. The number of ether oxygens (including phenoxy) is 1. The fourth-order valence-electron chi connectivity index (χ4n) is 3.83. The van der Waals surface area contributed by atoms with Gasteiger partial charge in [0.05, 0.1) is 5.71 Å². The highest BCUT2D eigenvalue weighted by Gasteiger charge is 2.26. The zero-order chi connectivity index (χ0) is 23.0. The van der Waals surface area contributed by atoms with Gasteiger partial charge in [-0.15, -0.1) is 0 Å². The zero-order valence-corrected chi connectivity index (χ0v) is 19.6. The Bertz CT molecular complexity index is 1080. The quantitative estimate of drug-likeness (QED) is 0.416. The molecule has 0 amide bonds. The van der Waals surface area contributed by atoms with Crippen molar-refractivity contribution in [3.63, 3.8) is 0 Å². The number of hydrogen-bond acceptors (Lipinski definition) is 5. The van der Waals surface area contributed by atoms with Gasteiger partial charge in [-0.2, -0.15) is 0 Å². The van der Waals surface area contributed by atoms with Crippen LogP contribution in [0.5, 0.6) is 5.75 Å². The van der Waals surface area contributed by atoms with Crippen LogP contribution in [0.25, 0.3) is 0 Å². The van der Waals surface area contributed by atoms with E-state index in [-0.39, 0.29) is 12.7 Å². The Morgan fingerprint density at radius 2 is 1.82 bits per heavy atom. The SMILES string of the molecule is O[C@H](COc1ccccc1)CN(Cc1cccc(Cl)c1)C[C@H]1CC(c2ccccc2Cl)=NO1. The topological polar surface area (TPSA) is 54.3 Å². The van der Waals surface area contributed by atoms with Crippen LogP contribution in [0.4, 0.5) is 0 Å². The second-order valence-corrected chi connectivity index (χ2v) is 8.89. The molecular weight excluding hydrogens is 459 g/mol. The van der Waals surface area contributed by atoms with Crippen LogP contribution >= 0.6 is 23.2 Å². The van der Waals surface area contributed by atoms with Crippen molar-refractivity contribution in [1.29, 1.82) is 0 Å². The minimum Gasteiger partial charge on any atom is -0.491 e. The zero-order valence-electron chi connectivity index (χ0n) is 18.1. The molecule has 5 nitrogen and oxygen atoms in total. The molecule has 0 aromatic heterocycles. The number of hydrogen-bond donors (Lipinski definition) is 1. The molecular formula is C26H26Cl2N2O3. The molecule has 1 aliphatic heterocycles. The maximum Gasteiger partial charge on any atom is 0.145 e. The van der Waals surface area contributed by atoms with Crippen molar-refractivity contribution >= 4 is 28.9 Å². The molecule has 2 atom stereocenters. The van der Waals surface area contributed by atoms with Crippen molar-refractivity contribution in [2.75, 3.05) is 19.7 Å². The molecule has 33 heavy (non-hydrogen) atoms. The van der Waals surface area contributed by atoms with Crippen LogP contribution in [-0.2, 0) is 11.4 Å². The highest BCUT2D eigenvalue weighted by atomic mass is 35.5. The normalized spacial score (nSPS) is 16.4. The summed E-state index contributed by atoms with van der Waals surface area (Å²) in [6, 6.07) is 24.8. The van der Waals surface area contributed by atoms with Gasteiger partial charge in [-0.3, -0.25) is 4.90 Å². The third-order valence-corrected chi connectivity index (χ3v) is 5.89. The van der Waals surface area contributed by atoms with Gasteiger partial charge in [-0.05, 0) is 35.9 Å². The van der Waals surface area contributed by atoms with E-state index in [4.69, 9.17) is 32.8 Å². The molecule has 1 heterocycles. The molecule has 0 saturated heterocycles. The van der Waals surface area contributed by atoms with Crippen LogP contribution in [0, 0.1) is 0 Å². The molecule has 0 saturated carbocycles. The molecule has 4 rings (SSSR count). The van der Waals surface area contributed by atoms with Crippen LogP contribution in [0.3, 0.4) is 0 Å². The summed E-state index contributed by atoms with van der Waals surface area (Å²) in [7, 11) is 0. The number of aliphatic hydroxyl groups is 1. The Balaban J connectivity index is 1.39. The van der Waals surface area contributed by atoms with Crippen molar-refractivity contribution in [2.24, 2.45) is 5.16 Å². The second-order valence-electron chi connectivity index (χ2n) is 8.05. The number of aliphatic hydroxyl groups excluding tert-OH is 1. The Morgan fingerprint density at radius 1 is 1.03 bits per heavy atom. The van der Waals surface area contributed by atoms with Gasteiger partial charge >= 0.3 is 0 Å². The monoisotopic (exact) mass is 484 g/mol. The van der Waals surface area contributed by atoms with E-state index in [1.165, 1.54) is 0 Å². The average Bonchev–Trinajstić information content (AvgIpc) is 3.27. The van der Waals surface area contributed by atoms with E-state index in [2.05, 4.69) is 10.1 Å². The lowest BCUT2D eigenvalue weighted by Gasteiger charge is -2.27. The van der Waals surface area contributed by atoms with Crippen LogP contribution in [0.15, 0.2) is 84.0 Å². The van der Waals surface area contributed by atoms with Crippen molar-refractivity contribution in [1.82, 2.24) is 4.90 Å². The largest absolute Gasteiger partial charge is 0.491 e. The molecule has 3 aromatic carbocycles. The maximum absolute atomic E-state index is 10.7. The van der Waals surface area contributed by atoms with E-state index in [1.807, 2.05) is 78.9 Å². The summed E-state index contributed by atoms with van der Waals surface area (Å²) in [5.74, 6) is 0.731. The van der Waals surface area contributed by atoms with Gasteiger partial charge < -0.3 is 14.7 Å². The van der Waals surface area contributed by atoms with E-state index in [9.17, 15) is 5.11 Å². The van der Waals surface area contributed by atoms with Crippen LogP contribution in [0.1, 0.15) is 17.5 Å². The molecule has 0 unspecified atom stereocenters. The van der Waals surface area contributed by atoms with Crippen molar-refractivity contribution < 1.29 is 14.7 Å². The summed E-state index contributed by atoms with van der Waals surface area (Å²) in [6.45, 7) is 1.82. The van der Waals surface area contributed by atoms with Crippen molar-refractivity contribution in [3.8, 4) is 5.75 Å². The van der Waals surface area contributed by atoms with Gasteiger partial charge in [0.25, 0.3) is 0 Å². The molecule has 7 heteroatoms. The molecule has 0 bridgehead atoms. The lowest BCUT2D eigenvalue weighted by atomic mass is 10.0. The van der Waals surface area contributed by atoms with Gasteiger partial charge in [-0.25, -0.2) is 0 Å². The predicted octanol–water partition coefficient (Wildman–Crippen LogP) is 5.43. The van der Waals surface area contributed by atoms with Crippen molar-refractivity contribution in [3.05, 3.63) is 100 Å². The van der Waals surface area contributed by atoms with E-state index in [0.717, 1.165) is 22.6 Å². The summed E-state index contributed by atoms with van der Waals surface area (Å²) < 4.78 is 5.73. The molecule has 1 aliphatic rings. The number of nitrogens with zero attached hydrogens (tertiary/aromatic N) is 2. The van der Waals surface area contributed by atoms with E-state index in [1.54, 1.807) is 0 Å². The van der Waals surface area contributed by atoms with Crippen LogP contribution in [0.2, 0.25) is 10.0 Å². The minimum absolute atomic E-state index is 0.141. The Hall–Kier alpha value is -2.57. The highest BCUT2D eigenvalue weighted by Crippen LogP contribution is 2.24. The summed E-state index contributed by atoms with van der Waals surface area (Å²) in [4.78, 5) is 7.87. The van der Waals surface area contributed by atoms with Crippen molar-refractivity contribution in [2.45, 2.75) is 25.2 Å². The molecule has 3 aromatic rings. The fraction of sp³-hybridized carbons (Fsp3) is 0.269. The number of rotatable bonds is 10. The Morgan fingerprint density at radius 3 is 2.61 bits per heavy atom. The molecule has 0 fully saturated rings. The van der Waals surface area contributed by atoms with Crippen LogP contribution < -0.4 is 4.74 Å². The molecule has 0 spiro atoms. The smallest absolute Gasteiger partial charge is 0.145 e. The summed E-state index contributed by atoms with van der Waals surface area (Å²) in [6.07, 6.45) is -0.167. The predicted molar refractivity (Wildman–Crippen MR) is 132 cm³/mol. The molecule has 1 N–H and O–H groups in total. The Labute approximate surface area is 204 Å². The number of benzene rings is 3. The average molecular weight is 485 g/mol. The molecule has 172 valence electrons.